The van der Waals surface area contributed by atoms with Crippen LogP contribution in [0.4, 0.5) is 0 Å². The zero-order valence-electron chi connectivity index (χ0n) is 12.5. The van der Waals surface area contributed by atoms with Gasteiger partial charge in [-0.3, -0.25) is 9.59 Å². The number of H-pyrrole nitrogens is 1. The Kier molecular flexibility index (Phi) is 4.47. The Hall–Kier alpha value is -2.95. The molecule has 0 unspecified atom stereocenters. The molecule has 5 nitrogen and oxygen atoms in total. The molecular weight excluding hydrogens is 292 g/mol. The number of benzene rings is 2. The lowest BCUT2D eigenvalue weighted by molar-refractivity contribution is -0.144. The summed E-state index contributed by atoms with van der Waals surface area (Å²) < 4.78 is 5.21. The zero-order chi connectivity index (χ0) is 16.1. The second-order valence-electron chi connectivity index (χ2n) is 5.18. The molecule has 0 fully saturated rings. The number of nitrogens with one attached hydrogen (secondary N) is 1. The first-order valence-electron chi connectivity index (χ1n) is 7.40. The van der Waals surface area contributed by atoms with E-state index in [1.807, 2.05) is 36.4 Å². The molecule has 0 saturated carbocycles. The maximum absolute atomic E-state index is 11.9. The van der Waals surface area contributed by atoms with Crippen molar-refractivity contribution in [3.63, 3.8) is 0 Å². The summed E-state index contributed by atoms with van der Waals surface area (Å²) in [5, 5.41) is 0.544. The number of carbonyl (C=O) groups is 1. The van der Waals surface area contributed by atoms with Gasteiger partial charge >= 0.3 is 5.97 Å². The van der Waals surface area contributed by atoms with Gasteiger partial charge in [-0.2, -0.15) is 0 Å². The molecule has 3 rings (SSSR count). The van der Waals surface area contributed by atoms with Gasteiger partial charge in [0.15, 0.2) is 0 Å². The summed E-state index contributed by atoms with van der Waals surface area (Å²) in [5.74, 6) is 0.176. The van der Waals surface area contributed by atoms with Crippen molar-refractivity contribution >= 4 is 16.9 Å². The van der Waals surface area contributed by atoms with Gasteiger partial charge in [0.2, 0.25) is 0 Å². The molecule has 1 heterocycles. The van der Waals surface area contributed by atoms with Crippen LogP contribution >= 0.6 is 0 Å². The second kappa shape index (κ2) is 6.87. The Morgan fingerprint density at radius 1 is 1.04 bits per heavy atom. The van der Waals surface area contributed by atoms with Crippen molar-refractivity contribution in [2.75, 3.05) is 0 Å². The Morgan fingerprint density at radius 2 is 1.78 bits per heavy atom. The number of hydrogen-bond donors (Lipinski definition) is 1. The van der Waals surface area contributed by atoms with E-state index in [1.54, 1.807) is 18.2 Å². The monoisotopic (exact) mass is 308 g/mol. The van der Waals surface area contributed by atoms with Gasteiger partial charge < -0.3 is 9.72 Å². The van der Waals surface area contributed by atoms with E-state index in [4.69, 9.17) is 4.74 Å². The first-order valence-corrected chi connectivity index (χ1v) is 7.40. The molecule has 23 heavy (non-hydrogen) atoms. The van der Waals surface area contributed by atoms with Crippen LogP contribution in [0.5, 0.6) is 0 Å². The third-order valence-electron chi connectivity index (χ3n) is 3.47. The van der Waals surface area contributed by atoms with E-state index in [0.29, 0.717) is 23.1 Å². The smallest absolute Gasteiger partial charge is 0.306 e. The molecule has 0 aliphatic heterocycles. The number of fused-ring (bicyclic) bond motifs is 1. The minimum Gasteiger partial charge on any atom is -0.461 e. The number of para-hydroxylation sites is 1. The Bertz CT molecular complexity index is 872. The molecule has 5 heteroatoms. The van der Waals surface area contributed by atoms with E-state index in [1.165, 1.54) is 0 Å². The molecule has 3 aromatic rings. The van der Waals surface area contributed by atoms with Crippen molar-refractivity contribution in [3.05, 3.63) is 76.3 Å². The third-order valence-corrected chi connectivity index (χ3v) is 3.47. The van der Waals surface area contributed by atoms with Crippen molar-refractivity contribution in [2.24, 2.45) is 0 Å². The minimum atomic E-state index is -0.315. The Morgan fingerprint density at radius 3 is 2.61 bits per heavy atom. The van der Waals surface area contributed by atoms with Crippen LogP contribution in [0, 0.1) is 0 Å². The standard InChI is InChI=1S/C18H16N2O3/c21-17(23-12-13-6-2-1-3-7-13)11-10-16-19-15-9-5-4-8-14(15)18(22)20-16/h1-9H,10-12H2,(H,19,20,22). The van der Waals surface area contributed by atoms with Gasteiger partial charge in [0.05, 0.1) is 17.3 Å². The van der Waals surface area contributed by atoms with Crippen LogP contribution in [-0.2, 0) is 22.6 Å². The summed E-state index contributed by atoms with van der Waals surface area (Å²) >= 11 is 0. The highest BCUT2D eigenvalue weighted by Gasteiger charge is 2.08. The van der Waals surface area contributed by atoms with Crippen LogP contribution in [0.15, 0.2) is 59.4 Å². The van der Waals surface area contributed by atoms with Gasteiger partial charge in [0.1, 0.15) is 12.4 Å². The summed E-state index contributed by atoms with van der Waals surface area (Å²) in [6.07, 6.45) is 0.516. The SMILES string of the molecule is O=C(CCc1nc2ccccc2c(=O)[nH]1)OCc1ccccc1. The van der Waals surface area contributed by atoms with Crippen molar-refractivity contribution in [1.82, 2.24) is 9.97 Å². The number of ether oxygens (including phenoxy) is 1. The highest BCUT2D eigenvalue weighted by atomic mass is 16.5. The molecule has 2 aromatic carbocycles. The van der Waals surface area contributed by atoms with Crippen LogP contribution in [0.1, 0.15) is 17.8 Å². The molecular formula is C18H16N2O3. The molecule has 0 amide bonds. The fourth-order valence-electron chi connectivity index (χ4n) is 2.28. The number of rotatable bonds is 5. The number of aryl methyl sites for hydroxylation is 1. The summed E-state index contributed by atoms with van der Waals surface area (Å²) in [7, 11) is 0. The quantitative estimate of drug-likeness (QED) is 0.735. The van der Waals surface area contributed by atoms with Crippen molar-refractivity contribution in [1.29, 1.82) is 0 Å². The van der Waals surface area contributed by atoms with E-state index in [-0.39, 0.29) is 24.6 Å². The highest BCUT2D eigenvalue weighted by Crippen LogP contribution is 2.07. The molecule has 1 aromatic heterocycles. The van der Waals surface area contributed by atoms with E-state index >= 15 is 0 Å². The van der Waals surface area contributed by atoms with Gasteiger partial charge in [0.25, 0.3) is 5.56 Å². The van der Waals surface area contributed by atoms with E-state index in [0.717, 1.165) is 5.56 Å². The largest absolute Gasteiger partial charge is 0.461 e. The minimum absolute atomic E-state index is 0.175. The number of esters is 1. The van der Waals surface area contributed by atoms with Crippen LogP contribution in [0.25, 0.3) is 10.9 Å². The van der Waals surface area contributed by atoms with Gasteiger partial charge in [-0.25, -0.2) is 4.98 Å². The van der Waals surface area contributed by atoms with Gasteiger partial charge in [-0.1, -0.05) is 42.5 Å². The molecule has 1 N–H and O–H groups in total. The molecule has 0 aliphatic carbocycles. The summed E-state index contributed by atoms with van der Waals surface area (Å²) in [4.78, 5) is 30.8. The molecule has 0 bridgehead atoms. The first-order chi connectivity index (χ1) is 11.2. The number of hydrogen-bond acceptors (Lipinski definition) is 4. The van der Waals surface area contributed by atoms with Gasteiger partial charge in [0, 0.05) is 6.42 Å². The van der Waals surface area contributed by atoms with Gasteiger partial charge in [-0.05, 0) is 17.7 Å². The van der Waals surface area contributed by atoms with Crippen molar-refractivity contribution < 1.29 is 9.53 Å². The lowest BCUT2D eigenvalue weighted by Gasteiger charge is -2.05. The van der Waals surface area contributed by atoms with Crippen molar-refractivity contribution in [3.8, 4) is 0 Å². The topological polar surface area (TPSA) is 72.0 Å². The second-order valence-corrected chi connectivity index (χ2v) is 5.18. The fraction of sp³-hybridized carbons (Fsp3) is 0.167. The molecule has 0 radical (unpaired) electrons. The highest BCUT2D eigenvalue weighted by molar-refractivity contribution is 5.77. The lowest BCUT2D eigenvalue weighted by Crippen LogP contribution is -2.13. The fourth-order valence-corrected chi connectivity index (χ4v) is 2.28. The third kappa shape index (κ3) is 3.83. The Balaban J connectivity index is 1.60. The summed E-state index contributed by atoms with van der Waals surface area (Å²) in [6.45, 7) is 0.251. The lowest BCUT2D eigenvalue weighted by atomic mass is 10.2. The normalized spacial score (nSPS) is 10.6. The van der Waals surface area contributed by atoms with E-state index in [9.17, 15) is 9.59 Å². The zero-order valence-corrected chi connectivity index (χ0v) is 12.5. The first kappa shape index (κ1) is 15.0. The molecule has 0 aliphatic rings. The predicted octanol–water partition coefficient (Wildman–Crippen LogP) is 2.60. The molecule has 0 spiro atoms. The number of carbonyl (C=O) groups excluding carboxylic acids is 1. The summed E-state index contributed by atoms with van der Waals surface area (Å²) in [5.41, 5.74) is 1.38. The maximum Gasteiger partial charge on any atom is 0.306 e. The van der Waals surface area contributed by atoms with Crippen LogP contribution in [0.3, 0.4) is 0 Å². The summed E-state index contributed by atoms with van der Waals surface area (Å²) in [6, 6.07) is 16.6. The average molecular weight is 308 g/mol. The molecule has 116 valence electrons. The number of aromatic nitrogens is 2. The maximum atomic E-state index is 11.9. The predicted molar refractivity (Wildman–Crippen MR) is 86.9 cm³/mol. The Labute approximate surface area is 133 Å². The average Bonchev–Trinajstić information content (AvgIpc) is 2.59. The van der Waals surface area contributed by atoms with Crippen molar-refractivity contribution in [2.45, 2.75) is 19.4 Å². The van der Waals surface area contributed by atoms with Gasteiger partial charge in [-0.15, -0.1) is 0 Å². The molecule has 0 saturated heterocycles. The molecule has 0 atom stereocenters. The van der Waals surface area contributed by atoms with E-state index in [2.05, 4.69) is 9.97 Å². The van der Waals surface area contributed by atoms with E-state index < -0.39 is 0 Å². The van der Waals surface area contributed by atoms with Crippen LogP contribution in [0.2, 0.25) is 0 Å². The van der Waals surface area contributed by atoms with Crippen LogP contribution < -0.4 is 5.56 Å². The number of nitrogens with zero attached hydrogens (tertiary/aromatic N) is 1. The number of aromatic amines is 1. The van der Waals surface area contributed by atoms with Crippen LogP contribution in [-0.4, -0.2) is 15.9 Å².